The summed E-state index contributed by atoms with van der Waals surface area (Å²) in [5, 5.41) is 0. The molecule has 0 saturated carbocycles. The highest BCUT2D eigenvalue weighted by Crippen LogP contribution is 2.43. The van der Waals surface area contributed by atoms with Crippen LogP contribution < -0.4 is 9.64 Å². The number of nitrogens with zero attached hydrogens (tertiary/aromatic N) is 1. The Hall–Kier alpha value is -4.18. The summed E-state index contributed by atoms with van der Waals surface area (Å²) in [5.41, 5.74) is 4.30. The van der Waals surface area contributed by atoms with E-state index in [1.165, 1.54) is 5.56 Å². The first-order chi connectivity index (χ1) is 18.2. The van der Waals surface area contributed by atoms with Crippen molar-refractivity contribution in [3.63, 3.8) is 0 Å². The summed E-state index contributed by atoms with van der Waals surface area (Å²) in [6.07, 6.45) is 2.51. The van der Waals surface area contributed by atoms with Crippen LogP contribution in [-0.2, 0) is 6.42 Å². The van der Waals surface area contributed by atoms with Crippen LogP contribution in [0, 0.1) is 0 Å². The van der Waals surface area contributed by atoms with E-state index >= 15 is 0 Å². The number of para-hydroxylation sites is 1. The molecule has 5 rings (SSSR count). The Bertz CT molecular complexity index is 1350. The smallest absolute Gasteiger partial charge is 0.205 e. The van der Waals surface area contributed by atoms with Crippen LogP contribution in [0.2, 0.25) is 0 Å². The van der Waals surface area contributed by atoms with E-state index in [0.29, 0.717) is 16.9 Å². The molecule has 2 atom stereocenters. The third-order valence-corrected chi connectivity index (χ3v) is 6.93. The predicted molar refractivity (Wildman–Crippen MR) is 148 cm³/mol. The van der Waals surface area contributed by atoms with Gasteiger partial charge < -0.3 is 9.64 Å². The lowest BCUT2D eigenvalue weighted by Gasteiger charge is -2.33. The van der Waals surface area contributed by atoms with Gasteiger partial charge in [-0.2, -0.15) is 0 Å². The van der Waals surface area contributed by atoms with Crippen LogP contribution in [0.1, 0.15) is 57.7 Å². The standard InChI is InChI=1S/C33H31NO3/c1-2-3-12-24-19-21-27(22-20-24)34(23-29(35)25-13-6-4-7-14-25)31-28-17-10-11-18-30(28)37-33(31)32(36)26-15-8-5-9-16-26/h4-11,13-22,31,33H,2-3,12,23H2,1H3. The summed E-state index contributed by atoms with van der Waals surface area (Å²) in [6, 6.07) is 34.2. The number of ketones is 2. The topological polar surface area (TPSA) is 46.6 Å². The van der Waals surface area contributed by atoms with Crippen LogP contribution >= 0.6 is 0 Å². The molecule has 1 aliphatic heterocycles. The molecule has 0 saturated heterocycles. The highest BCUT2D eigenvalue weighted by atomic mass is 16.5. The van der Waals surface area contributed by atoms with E-state index in [9.17, 15) is 9.59 Å². The van der Waals surface area contributed by atoms with Crippen molar-refractivity contribution in [3.05, 3.63) is 131 Å². The van der Waals surface area contributed by atoms with E-state index in [-0.39, 0.29) is 18.1 Å². The van der Waals surface area contributed by atoms with Gasteiger partial charge >= 0.3 is 0 Å². The van der Waals surface area contributed by atoms with Gasteiger partial charge in [-0.25, -0.2) is 0 Å². The zero-order valence-electron chi connectivity index (χ0n) is 21.0. The first kappa shape index (κ1) is 24.5. The Morgan fingerprint density at radius 3 is 2.05 bits per heavy atom. The molecule has 4 aromatic carbocycles. The zero-order valence-corrected chi connectivity index (χ0v) is 21.0. The Balaban J connectivity index is 1.56. The van der Waals surface area contributed by atoms with Gasteiger partial charge in [0.1, 0.15) is 11.8 Å². The van der Waals surface area contributed by atoms with Crippen LogP contribution in [0.4, 0.5) is 5.69 Å². The van der Waals surface area contributed by atoms with Gasteiger partial charge in [0.15, 0.2) is 11.9 Å². The largest absolute Gasteiger partial charge is 0.479 e. The molecule has 37 heavy (non-hydrogen) atoms. The van der Waals surface area contributed by atoms with Crippen molar-refractivity contribution in [1.29, 1.82) is 0 Å². The molecule has 0 radical (unpaired) electrons. The predicted octanol–water partition coefficient (Wildman–Crippen LogP) is 7.10. The lowest BCUT2D eigenvalue weighted by molar-refractivity contribution is 0.0784. The second kappa shape index (κ2) is 11.3. The summed E-state index contributed by atoms with van der Waals surface area (Å²) in [5.74, 6) is 0.572. The number of carbonyl (C=O) groups is 2. The molecule has 2 unspecified atom stereocenters. The van der Waals surface area contributed by atoms with Gasteiger partial charge in [-0.1, -0.05) is 104 Å². The number of benzene rings is 4. The molecule has 1 heterocycles. The SMILES string of the molecule is CCCCc1ccc(N(CC(=O)c2ccccc2)C2c3ccccc3OC2C(=O)c2ccccc2)cc1. The number of unbranched alkanes of at least 4 members (excludes halogenated alkanes) is 1. The number of rotatable bonds is 10. The molecular formula is C33H31NO3. The average Bonchev–Trinajstić information content (AvgIpc) is 3.35. The number of Topliss-reactive ketones (excluding diaryl/α,β-unsaturated/α-hetero) is 2. The molecule has 0 fully saturated rings. The van der Waals surface area contributed by atoms with Gasteiger partial charge in [0.25, 0.3) is 0 Å². The van der Waals surface area contributed by atoms with Crippen LogP contribution in [-0.4, -0.2) is 24.2 Å². The highest BCUT2D eigenvalue weighted by molar-refractivity contribution is 6.02. The monoisotopic (exact) mass is 489 g/mol. The normalized spacial score (nSPS) is 16.0. The number of hydrogen-bond donors (Lipinski definition) is 0. The van der Waals surface area contributed by atoms with Gasteiger partial charge in [-0.05, 0) is 36.6 Å². The number of hydrogen-bond acceptors (Lipinski definition) is 4. The van der Waals surface area contributed by atoms with Crippen molar-refractivity contribution in [2.45, 2.75) is 38.3 Å². The van der Waals surface area contributed by atoms with Crippen LogP contribution in [0.15, 0.2) is 109 Å². The van der Waals surface area contributed by atoms with Crippen molar-refractivity contribution >= 4 is 17.3 Å². The first-order valence-corrected chi connectivity index (χ1v) is 12.9. The van der Waals surface area contributed by atoms with E-state index in [4.69, 9.17) is 4.74 Å². The third-order valence-electron chi connectivity index (χ3n) is 6.93. The fraction of sp³-hybridized carbons (Fsp3) is 0.212. The average molecular weight is 490 g/mol. The van der Waals surface area contributed by atoms with Crippen molar-refractivity contribution in [3.8, 4) is 5.75 Å². The summed E-state index contributed by atoms with van der Waals surface area (Å²) in [6.45, 7) is 2.31. The van der Waals surface area contributed by atoms with Crippen LogP contribution in [0.25, 0.3) is 0 Å². The Kier molecular flexibility index (Phi) is 7.46. The molecule has 1 aliphatic rings. The summed E-state index contributed by atoms with van der Waals surface area (Å²) < 4.78 is 6.30. The van der Waals surface area contributed by atoms with Crippen molar-refractivity contribution in [2.75, 3.05) is 11.4 Å². The molecular weight excluding hydrogens is 458 g/mol. The van der Waals surface area contributed by atoms with Crippen molar-refractivity contribution in [2.24, 2.45) is 0 Å². The maximum Gasteiger partial charge on any atom is 0.205 e. The van der Waals surface area contributed by atoms with Gasteiger partial charge in [-0.15, -0.1) is 0 Å². The number of anilines is 1. The fourth-order valence-electron chi connectivity index (χ4n) is 4.95. The first-order valence-electron chi connectivity index (χ1n) is 12.9. The quantitative estimate of drug-likeness (QED) is 0.223. The van der Waals surface area contributed by atoms with Crippen LogP contribution in [0.3, 0.4) is 0 Å². The molecule has 0 bridgehead atoms. The molecule has 0 N–H and O–H groups in total. The van der Waals surface area contributed by atoms with Gasteiger partial charge in [0.2, 0.25) is 5.78 Å². The Morgan fingerprint density at radius 1 is 0.757 bits per heavy atom. The molecule has 0 aliphatic carbocycles. The van der Waals surface area contributed by atoms with Gasteiger partial charge in [0.05, 0.1) is 6.54 Å². The number of carbonyl (C=O) groups excluding carboxylic acids is 2. The van der Waals surface area contributed by atoms with Gasteiger partial charge in [0, 0.05) is 22.4 Å². The molecule has 0 amide bonds. The lowest BCUT2D eigenvalue weighted by atomic mass is 9.94. The molecule has 4 heteroatoms. The fourth-order valence-corrected chi connectivity index (χ4v) is 4.95. The van der Waals surface area contributed by atoms with E-state index in [1.54, 1.807) is 0 Å². The number of aryl methyl sites for hydroxylation is 1. The lowest BCUT2D eigenvalue weighted by Crippen LogP contribution is -2.42. The molecule has 0 spiro atoms. The van der Waals surface area contributed by atoms with E-state index in [2.05, 4.69) is 31.2 Å². The second-order valence-corrected chi connectivity index (χ2v) is 9.44. The third kappa shape index (κ3) is 5.34. The van der Waals surface area contributed by atoms with E-state index in [0.717, 1.165) is 30.5 Å². The van der Waals surface area contributed by atoms with E-state index in [1.807, 2.05) is 89.8 Å². The maximum atomic E-state index is 13.8. The Labute approximate surface area is 218 Å². The minimum Gasteiger partial charge on any atom is -0.479 e. The summed E-state index contributed by atoms with van der Waals surface area (Å²) in [4.78, 5) is 29.3. The number of fused-ring (bicyclic) bond motifs is 1. The minimum absolute atomic E-state index is 0.00838. The van der Waals surface area contributed by atoms with E-state index < -0.39 is 12.1 Å². The van der Waals surface area contributed by atoms with Crippen molar-refractivity contribution < 1.29 is 14.3 Å². The summed E-state index contributed by atoms with van der Waals surface area (Å²) >= 11 is 0. The molecule has 0 aromatic heterocycles. The molecule has 4 nitrogen and oxygen atoms in total. The Morgan fingerprint density at radius 2 is 1.38 bits per heavy atom. The van der Waals surface area contributed by atoms with Gasteiger partial charge in [-0.3, -0.25) is 9.59 Å². The second-order valence-electron chi connectivity index (χ2n) is 9.44. The highest BCUT2D eigenvalue weighted by Gasteiger charge is 2.43. The zero-order chi connectivity index (χ0) is 25.6. The summed E-state index contributed by atoms with van der Waals surface area (Å²) in [7, 11) is 0. The molecule has 186 valence electrons. The van der Waals surface area contributed by atoms with Crippen molar-refractivity contribution in [1.82, 2.24) is 0 Å². The number of ether oxygens (including phenoxy) is 1. The molecule has 4 aromatic rings. The van der Waals surface area contributed by atoms with Crippen LogP contribution in [0.5, 0.6) is 5.75 Å². The minimum atomic E-state index is -0.775. The maximum absolute atomic E-state index is 13.8.